The first-order valence-electron chi connectivity index (χ1n) is 9.49. The molecule has 30 heavy (non-hydrogen) atoms. The summed E-state index contributed by atoms with van der Waals surface area (Å²) in [4.78, 5) is 12.4. The maximum absolute atomic E-state index is 14.0. The molecular formula is C21H21ClN2O4S2. The van der Waals surface area contributed by atoms with Crippen LogP contribution in [0.4, 0.5) is 0 Å². The van der Waals surface area contributed by atoms with Crippen molar-refractivity contribution in [1.29, 1.82) is 0 Å². The number of carbonyl (C=O) groups is 1. The van der Waals surface area contributed by atoms with Crippen LogP contribution in [0, 0.1) is 6.92 Å². The molecule has 2 aromatic carbocycles. The monoisotopic (exact) mass is 464 g/mol. The molecule has 2 heterocycles. The lowest BCUT2D eigenvalue weighted by Gasteiger charge is -2.34. The van der Waals surface area contributed by atoms with Crippen molar-refractivity contribution in [2.75, 3.05) is 13.2 Å². The maximum Gasteiger partial charge on any atom is 0.245 e. The average Bonchev–Trinajstić information content (AvgIpc) is 3.03. The van der Waals surface area contributed by atoms with Crippen LogP contribution in [0.5, 0.6) is 5.75 Å². The van der Waals surface area contributed by atoms with E-state index in [-0.39, 0.29) is 17.9 Å². The molecule has 1 atom stereocenters. The lowest BCUT2D eigenvalue weighted by molar-refractivity contribution is -0.118. The van der Waals surface area contributed by atoms with Crippen molar-refractivity contribution >= 4 is 49.0 Å². The summed E-state index contributed by atoms with van der Waals surface area (Å²) in [6, 6.07) is 12.2. The molecule has 0 aliphatic carbocycles. The third-order valence-electron chi connectivity index (χ3n) is 5.19. The minimum absolute atomic E-state index is 0.00594. The van der Waals surface area contributed by atoms with Gasteiger partial charge in [-0.2, -0.15) is 4.31 Å². The topological polar surface area (TPSA) is 89.7 Å². The van der Waals surface area contributed by atoms with E-state index in [2.05, 4.69) is 0 Å². The van der Waals surface area contributed by atoms with Crippen LogP contribution in [0.15, 0.2) is 47.4 Å². The number of hydrogen-bond acceptors (Lipinski definition) is 5. The highest BCUT2D eigenvalue weighted by molar-refractivity contribution is 7.89. The molecule has 2 N–H and O–H groups in total. The van der Waals surface area contributed by atoms with Crippen LogP contribution in [0.2, 0.25) is 5.02 Å². The number of nitrogens with two attached hydrogens (primary N) is 1. The van der Waals surface area contributed by atoms with Crippen LogP contribution in [-0.4, -0.2) is 31.8 Å². The Balaban J connectivity index is 1.87. The van der Waals surface area contributed by atoms with Gasteiger partial charge in [0.15, 0.2) is 0 Å². The summed E-state index contributed by atoms with van der Waals surface area (Å²) in [5.41, 5.74) is 6.15. The van der Waals surface area contributed by atoms with Crippen molar-refractivity contribution in [2.45, 2.75) is 30.7 Å². The standard InChI is InChI=1S/C21H21ClN2O4S2/c1-13-21(16-12-14(22)6-7-19(16)29-13)30(26,27)24(10-8-20(23)25)17-9-11-28-18-5-3-2-4-15(17)18/h2-7,12,17H,8-11H2,1H3,(H2,23,25). The SMILES string of the molecule is Cc1sc2ccc(Cl)cc2c1S(=O)(=O)N(CCC(N)=O)C1CCOc2ccccc21. The first-order chi connectivity index (χ1) is 14.3. The minimum atomic E-state index is -3.95. The zero-order valence-corrected chi connectivity index (χ0v) is 18.7. The first-order valence-corrected chi connectivity index (χ1v) is 12.1. The summed E-state index contributed by atoms with van der Waals surface area (Å²) >= 11 is 7.57. The maximum atomic E-state index is 14.0. The minimum Gasteiger partial charge on any atom is -0.493 e. The van der Waals surface area contributed by atoms with Crippen LogP contribution in [0.1, 0.15) is 29.3 Å². The first kappa shape index (κ1) is 21.1. The normalized spacial score (nSPS) is 16.4. The number of ether oxygens (including phenoxy) is 1. The summed E-state index contributed by atoms with van der Waals surface area (Å²) < 4.78 is 35.9. The van der Waals surface area contributed by atoms with Gasteiger partial charge in [0.25, 0.3) is 0 Å². The van der Waals surface area contributed by atoms with Crippen LogP contribution < -0.4 is 10.5 Å². The van der Waals surface area contributed by atoms with E-state index in [1.165, 1.54) is 15.6 Å². The summed E-state index contributed by atoms with van der Waals surface area (Å²) in [5, 5.41) is 1.06. The molecule has 158 valence electrons. The van der Waals surface area contributed by atoms with Gasteiger partial charge in [-0.15, -0.1) is 11.3 Å². The van der Waals surface area contributed by atoms with Crippen LogP contribution in [0.25, 0.3) is 10.1 Å². The summed E-state index contributed by atoms with van der Waals surface area (Å²) in [6.45, 7) is 2.17. The van der Waals surface area contributed by atoms with Crippen molar-refractivity contribution in [3.05, 3.63) is 57.9 Å². The Morgan fingerprint density at radius 3 is 2.83 bits per heavy atom. The number of sulfonamides is 1. The van der Waals surface area contributed by atoms with E-state index in [0.29, 0.717) is 34.1 Å². The van der Waals surface area contributed by atoms with Gasteiger partial charge in [0.05, 0.1) is 12.6 Å². The number of aryl methyl sites for hydroxylation is 1. The van der Waals surface area contributed by atoms with E-state index < -0.39 is 22.0 Å². The number of halogens is 1. The number of fused-ring (bicyclic) bond motifs is 2. The van der Waals surface area contributed by atoms with E-state index in [1.807, 2.05) is 30.3 Å². The number of thiophene rings is 1. The van der Waals surface area contributed by atoms with Crippen molar-refractivity contribution in [2.24, 2.45) is 5.73 Å². The number of benzene rings is 2. The Bertz CT molecular complexity index is 1220. The number of primary amides is 1. The highest BCUT2D eigenvalue weighted by Crippen LogP contribution is 2.42. The number of para-hydroxylation sites is 1. The Morgan fingerprint density at radius 1 is 1.30 bits per heavy atom. The zero-order chi connectivity index (χ0) is 21.5. The molecular weight excluding hydrogens is 444 g/mol. The van der Waals surface area contributed by atoms with Gasteiger partial charge < -0.3 is 10.5 Å². The van der Waals surface area contributed by atoms with Gasteiger partial charge in [0, 0.05) is 44.9 Å². The lowest BCUT2D eigenvalue weighted by Crippen LogP contribution is -2.39. The molecule has 0 spiro atoms. The highest BCUT2D eigenvalue weighted by atomic mass is 35.5. The van der Waals surface area contributed by atoms with Crippen LogP contribution in [-0.2, 0) is 14.8 Å². The number of carbonyl (C=O) groups excluding carboxylic acids is 1. The number of nitrogens with zero attached hydrogens (tertiary/aromatic N) is 1. The summed E-state index contributed by atoms with van der Waals surface area (Å²) in [6.07, 6.45) is 0.414. The van der Waals surface area contributed by atoms with E-state index in [4.69, 9.17) is 22.1 Å². The fourth-order valence-electron chi connectivity index (χ4n) is 3.89. The molecule has 1 unspecified atom stereocenters. The second kappa shape index (κ2) is 8.19. The van der Waals surface area contributed by atoms with Gasteiger partial charge in [0.2, 0.25) is 15.9 Å². The van der Waals surface area contributed by atoms with Crippen molar-refractivity contribution in [1.82, 2.24) is 4.31 Å². The van der Waals surface area contributed by atoms with Crippen molar-refractivity contribution < 1.29 is 17.9 Å². The Kier molecular flexibility index (Phi) is 5.76. The van der Waals surface area contributed by atoms with Crippen LogP contribution >= 0.6 is 22.9 Å². The molecule has 1 aromatic heterocycles. The fourth-order valence-corrected chi connectivity index (χ4v) is 7.44. The Hall–Kier alpha value is -2.13. The second-order valence-electron chi connectivity index (χ2n) is 7.15. The second-order valence-corrected chi connectivity index (χ2v) is 10.7. The lowest BCUT2D eigenvalue weighted by atomic mass is 10.0. The van der Waals surface area contributed by atoms with E-state index in [0.717, 1.165) is 10.3 Å². The molecule has 0 saturated heterocycles. The highest BCUT2D eigenvalue weighted by Gasteiger charge is 2.38. The van der Waals surface area contributed by atoms with Gasteiger partial charge in [-0.05, 0) is 31.2 Å². The molecule has 3 aromatic rings. The molecule has 1 aliphatic heterocycles. The van der Waals surface area contributed by atoms with Gasteiger partial charge in [-0.1, -0.05) is 29.8 Å². The van der Waals surface area contributed by atoms with Gasteiger partial charge >= 0.3 is 0 Å². The number of rotatable bonds is 6. The molecule has 1 amide bonds. The smallest absolute Gasteiger partial charge is 0.245 e. The molecule has 0 radical (unpaired) electrons. The Morgan fingerprint density at radius 2 is 2.07 bits per heavy atom. The van der Waals surface area contributed by atoms with E-state index >= 15 is 0 Å². The molecule has 6 nitrogen and oxygen atoms in total. The molecule has 0 saturated carbocycles. The Labute approximate surface area is 184 Å². The number of hydrogen-bond donors (Lipinski definition) is 1. The fraction of sp³-hybridized carbons (Fsp3) is 0.286. The molecule has 4 rings (SSSR count). The summed E-state index contributed by atoms with van der Waals surface area (Å²) in [5.74, 6) is 0.105. The predicted octanol–water partition coefficient (Wildman–Crippen LogP) is 4.25. The third kappa shape index (κ3) is 3.80. The molecule has 0 fully saturated rings. The van der Waals surface area contributed by atoms with Gasteiger partial charge in [-0.25, -0.2) is 8.42 Å². The number of amides is 1. The van der Waals surface area contributed by atoms with Crippen molar-refractivity contribution in [3.8, 4) is 5.75 Å². The van der Waals surface area contributed by atoms with E-state index in [9.17, 15) is 13.2 Å². The average molecular weight is 465 g/mol. The summed E-state index contributed by atoms with van der Waals surface area (Å²) in [7, 11) is -3.95. The molecule has 9 heteroatoms. The quantitative estimate of drug-likeness (QED) is 0.590. The van der Waals surface area contributed by atoms with Gasteiger partial charge in [-0.3, -0.25) is 4.79 Å². The predicted molar refractivity (Wildman–Crippen MR) is 119 cm³/mol. The molecule has 0 bridgehead atoms. The van der Waals surface area contributed by atoms with Crippen molar-refractivity contribution in [3.63, 3.8) is 0 Å². The largest absolute Gasteiger partial charge is 0.493 e. The molecule has 1 aliphatic rings. The zero-order valence-electron chi connectivity index (χ0n) is 16.3. The van der Waals surface area contributed by atoms with E-state index in [1.54, 1.807) is 19.1 Å². The third-order valence-corrected chi connectivity index (χ3v) is 8.74. The van der Waals surface area contributed by atoms with Crippen LogP contribution in [0.3, 0.4) is 0 Å². The van der Waals surface area contributed by atoms with Gasteiger partial charge in [0.1, 0.15) is 10.6 Å².